The highest BCUT2D eigenvalue weighted by Crippen LogP contribution is 2.17. The number of aryl methyl sites for hydroxylation is 2. The topological polar surface area (TPSA) is 23.5 Å². The van der Waals surface area contributed by atoms with Gasteiger partial charge in [0.2, 0.25) is 0 Å². The van der Waals surface area contributed by atoms with Crippen LogP contribution < -0.4 is 0 Å². The largest absolute Gasteiger partial charge is 0.387 e. The average molecular weight is 221 g/mol. The molecule has 90 valence electrons. The van der Waals surface area contributed by atoms with Crippen LogP contribution in [0.2, 0.25) is 0 Å². The van der Waals surface area contributed by atoms with Gasteiger partial charge in [0.25, 0.3) is 0 Å². The Kier molecular flexibility index (Phi) is 4.97. The molecule has 1 rings (SSSR count). The molecule has 1 N–H and O–H groups in total. The van der Waals surface area contributed by atoms with Crippen molar-refractivity contribution in [2.75, 3.05) is 19.6 Å². The molecule has 2 heteroatoms. The van der Waals surface area contributed by atoms with Crippen LogP contribution in [0.5, 0.6) is 0 Å². The molecule has 0 saturated carbocycles. The monoisotopic (exact) mass is 221 g/mol. The van der Waals surface area contributed by atoms with Gasteiger partial charge in [-0.2, -0.15) is 0 Å². The van der Waals surface area contributed by atoms with Gasteiger partial charge in [-0.15, -0.1) is 0 Å². The van der Waals surface area contributed by atoms with Gasteiger partial charge >= 0.3 is 0 Å². The van der Waals surface area contributed by atoms with Crippen LogP contribution in [0.15, 0.2) is 18.2 Å². The summed E-state index contributed by atoms with van der Waals surface area (Å²) in [6.45, 7) is 11.1. The Balaban J connectivity index is 2.75. The summed E-state index contributed by atoms with van der Waals surface area (Å²) in [6.07, 6.45) is -0.376. The smallest absolute Gasteiger partial charge is 0.0917 e. The Morgan fingerprint density at radius 2 is 1.56 bits per heavy atom. The molecule has 0 saturated heterocycles. The first kappa shape index (κ1) is 13.2. The molecule has 0 aliphatic heterocycles. The van der Waals surface area contributed by atoms with E-state index in [1.807, 2.05) is 0 Å². The number of hydrogen-bond acceptors (Lipinski definition) is 2. The molecule has 1 aromatic rings. The van der Waals surface area contributed by atoms with Crippen molar-refractivity contribution in [3.05, 3.63) is 34.9 Å². The minimum atomic E-state index is -0.376. The highest BCUT2D eigenvalue weighted by molar-refractivity contribution is 5.30. The van der Waals surface area contributed by atoms with E-state index in [1.165, 1.54) is 11.1 Å². The summed E-state index contributed by atoms with van der Waals surface area (Å²) in [7, 11) is 0. The van der Waals surface area contributed by atoms with Crippen molar-refractivity contribution >= 4 is 0 Å². The first-order chi connectivity index (χ1) is 7.56. The van der Waals surface area contributed by atoms with E-state index in [1.54, 1.807) is 0 Å². The normalized spacial score (nSPS) is 13.1. The van der Waals surface area contributed by atoms with Crippen LogP contribution in [0.25, 0.3) is 0 Å². The standard InChI is InChI=1S/C14H23NO/c1-5-15(6-2)10-14(16)13-8-11(3)7-12(4)9-13/h7-9,14,16H,5-6,10H2,1-4H3. The third-order valence-electron chi connectivity index (χ3n) is 2.95. The molecule has 0 aliphatic rings. The maximum Gasteiger partial charge on any atom is 0.0917 e. The summed E-state index contributed by atoms with van der Waals surface area (Å²) < 4.78 is 0. The van der Waals surface area contributed by atoms with Crippen molar-refractivity contribution in [3.8, 4) is 0 Å². The molecule has 0 fully saturated rings. The van der Waals surface area contributed by atoms with Crippen LogP contribution in [0.1, 0.15) is 36.6 Å². The lowest BCUT2D eigenvalue weighted by atomic mass is 10.0. The second-order valence-electron chi connectivity index (χ2n) is 4.42. The van der Waals surface area contributed by atoms with E-state index in [9.17, 15) is 5.11 Å². The van der Waals surface area contributed by atoms with Gasteiger partial charge < -0.3 is 10.0 Å². The number of likely N-dealkylation sites (N-methyl/N-ethyl adjacent to an activating group) is 1. The lowest BCUT2D eigenvalue weighted by Crippen LogP contribution is -2.28. The number of aliphatic hydroxyl groups is 1. The van der Waals surface area contributed by atoms with E-state index < -0.39 is 0 Å². The highest BCUT2D eigenvalue weighted by Gasteiger charge is 2.11. The lowest BCUT2D eigenvalue weighted by Gasteiger charge is -2.22. The maximum atomic E-state index is 10.2. The van der Waals surface area contributed by atoms with E-state index in [2.05, 4.69) is 50.8 Å². The predicted octanol–water partition coefficient (Wildman–Crippen LogP) is 2.68. The van der Waals surface area contributed by atoms with Gasteiger partial charge in [-0.05, 0) is 32.5 Å². The first-order valence-corrected chi connectivity index (χ1v) is 6.05. The second kappa shape index (κ2) is 6.02. The van der Waals surface area contributed by atoms with Crippen LogP contribution in [-0.4, -0.2) is 29.6 Å². The molecular weight excluding hydrogens is 198 g/mol. The van der Waals surface area contributed by atoms with Crippen molar-refractivity contribution in [1.29, 1.82) is 0 Å². The van der Waals surface area contributed by atoms with E-state index in [0.29, 0.717) is 0 Å². The number of benzene rings is 1. The number of rotatable bonds is 5. The highest BCUT2D eigenvalue weighted by atomic mass is 16.3. The summed E-state index contributed by atoms with van der Waals surface area (Å²) >= 11 is 0. The SMILES string of the molecule is CCN(CC)CC(O)c1cc(C)cc(C)c1. The van der Waals surface area contributed by atoms with E-state index in [-0.39, 0.29) is 6.10 Å². The molecule has 0 bridgehead atoms. The van der Waals surface area contributed by atoms with Crippen molar-refractivity contribution in [1.82, 2.24) is 4.90 Å². The number of hydrogen-bond donors (Lipinski definition) is 1. The average Bonchev–Trinajstić information content (AvgIpc) is 2.24. The maximum absolute atomic E-state index is 10.2. The summed E-state index contributed by atoms with van der Waals surface area (Å²) in [5.74, 6) is 0. The lowest BCUT2D eigenvalue weighted by molar-refractivity contribution is 0.119. The quantitative estimate of drug-likeness (QED) is 0.826. The first-order valence-electron chi connectivity index (χ1n) is 6.05. The molecule has 0 spiro atoms. The number of nitrogens with zero attached hydrogens (tertiary/aromatic N) is 1. The van der Waals surface area contributed by atoms with E-state index >= 15 is 0 Å². The third kappa shape index (κ3) is 3.62. The van der Waals surface area contributed by atoms with Crippen molar-refractivity contribution in [2.45, 2.75) is 33.8 Å². The summed E-state index contributed by atoms with van der Waals surface area (Å²) in [6, 6.07) is 6.27. The minimum Gasteiger partial charge on any atom is -0.387 e. The van der Waals surface area contributed by atoms with Gasteiger partial charge in [-0.25, -0.2) is 0 Å². The second-order valence-corrected chi connectivity index (χ2v) is 4.42. The minimum absolute atomic E-state index is 0.376. The van der Waals surface area contributed by atoms with Crippen LogP contribution in [0, 0.1) is 13.8 Å². The zero-order valence-corrected chi connectivity index (χ0v) is 10.8. The summed E-state index contributed by atoms with van der Waals surface area (Å²) in [5.41, 5.74) is 3.46. The van der Waals surface area contributed by atoms with Gasteiger partial charge in [-0.1, -0.05) is 43.2 Å². The molecule has 2 nitrogen and oxygen atoms in total. The fourth-order valence-electron chi connectivity index (χ4n) is 2.03. The molecule has 16 heavy (non-hydrogen) atoms. The van der Waals surface area contributed by atoms with Crippen LogP contribution >= 0.6 is 0 Å². The molecule has 0 radical (unpaired) electrons. The van der Waals surface area contributed by atoms with Gasteiger partial charge in [0.1, 0.15) is 0 Å². The Hall–Kier alpha value is -0.860. The molecule has 1 unspecified atom stereocenters. The van der Waals surface area contributed by atoms with Gasteiger partial charge in [-0.3, -0.25) is 0 Å². The Morgan fingerprint density at radius 1 is 1.06 bits per heavy atom. The fraction of sp³-hybridized carbons (Fsp3) is 0.571. The van der Waals surface area contributed by atoms with Gasteiger partial charge in [0.05, 0.1) is 6.10 Å². The fourth-order valence-corrected chi connectivity index (χ4v) is 2.03. The van der Waals surface area contributed by atoms with Crippen molar-refractivity contribution in [3.63, 3.8) is 0 Å². The molecule has 1 atom stereocenters. The van der Waals surface area contributed by atoms with Crippen molar-refractivity contribution < 1.29 is 5.11 Å². The molecule has 0 amide bonds. The summed E-state index contributed by atoms with van der Waals surface area (Å²) in [4.78, 5) is 2.24. The molecule has 0 heterocycles. The third-order valence-corrected chi connectivity index (χ3v) is 2.95. The van der Waals surface area contributed by atoms with Crippen molar-refractivity contribution in [2.24, 2.45) is 0 Å². The predicted molar refractivity (Wildman–Crippen MR) is 68.7 cm³/mol. The summed E-state index contributed by atoms with van der Waals surface area (Å²) in [5, 5.41) is 10.2. The number of aliphatic hydroxyl groups excluding tert-OH is 1. The van der Waals surface area contributed by atoms with Crippen LogP contribution in [0.4, 0.5) is 0 Å². The molecule has 1 aromatic carbocycles. The zero-order valence-electron chi connectivity index (χ0n) is 10.8. The Labute approximate surface area is 98.9 Å². The van der Waals surface area contributed by atoms with E-state index in [0.717, 1.165) is 25.2 Å². The van der Waals surface area contributed by atoms with Gasteiger partial charge in [0, 0.05) is 6.54 Å². The molecule has 0 aromatic heterocycles. The van der Waals surface area contributed by atoms with E-state index in [4.69, 9.17) is 0 Å². The molecular formula is C14H23NO. The molecule has 0 aliphatic carbocycles. The Bertz CT molecular complexity index is 311. The van der Waals surface area contributed by atoms with Crippen LogP contribution in [0.3, 0.4) is 0 Å². The van der Waals surface area contributed by atoms with Gasteiger partial charge in [0.15, 0.2) is 0 Å². The zero-order chi connectivity index (χ0) is 12.1. The Morgan fingerprint density at radius 3 is 2.00 bits per heavy atom. The van der Waals surface area contributed by atoms with Crippen LogP contribution in [-0.2, 0) is 0 Å².